The van der Waals surface area contributed by atoms with Crippen molar-refractivity contribution in [3.8, 4) is 0 Å². The van der Waals surface area contributed by atoms with Crippen LogP contribution in [0, 0.1) is 13.8 Å². The molecule has 4 nitrogen and oxygen atoms in total. The third kappa shape index (κ3) is 3.87. The van der Waals surface area contributed by atoms with Crippen LogP contribution in [-0.2, 0) is 0 Å². The summed E-state index contributed by atoms with van der Waals surface area (Å²) in [6.07, 6.45) is 1.85. The van der Waals surface area contributed by atoms with E-state index in [1.165, 1.54) is 0 Å². The van der Waals surface area contributed by atoms with Gasteiger partial charge in [-0.15, -0.1) is 0 Å². The molecule has 1 unspecified atom stereocenters. The minimum atomic E-state index is -0.701. The van der Waals surface area contributed by atoms with Gasteiger partial charge in [0.05, 0.1) is 5.60 Å². The van der Waals surface area contributed by atoms with Gasteiger partial charge >= 0.3 is 0 Å². The monoisotopic (exact) mass is 223 g/mol. The average Bonchev–Trinajstić information content (AvgIpc) is 2.13. The van der Waals surface area contributed by atoms with Crippen molar-refractivity contribution < 1.29 is 5.11 Å². The first-order valence-corrected chi connectivity index (χ1v) is 5.55. The predicted octanol–water partition coefficient (Wildman–Crippen LogP) is 1.51. The molecule has 0 aliphatic heterocycles. The fourth-order valence-electron chi connectivity index (χ4n) is 1.53. The van der Waals surface area contributed by atoms with Gasteiger partial charge in [-0.1, -0.05) is 0 Å². The third-order valence-electron chi connectivity index (χ3n) is 2.45. The van der Waals surface area contributed by atoms with Crippen molar-refractivity contribution in [2.24, 2.45) is 0 Å². The zero-order valence-corrected chi connectivity index (χ0v) is 10.7. The lowest BCUT2D eigenvalue weighted by molar-refractivity contribution is 0.0770. The topological polar surface area (TPSA) is 58.0 Å². The minimum Gasteiger partial charge on any atom is -0.389 e. The number of rotatable bonds is 4. The second-order valence-electron chi connectivity index (χ2n) is 4.87. The van der Waals surface area contributed by atoms with E-state index in [0.29, 0.717) is 6.54 Å². The zero-order chi connectivity index (χ0) is 12.3. The lowest BCUT2D eigenvalue weighted by atomic mass is 10.1. The van der Waals surface area contributed by atoms with Crippen molar-refractivity contribution in [1.82, 2.24) is 15.3 Å². The summed E-state index contributed by atoms with van der Waals surface area (Å²) in [5.41, 5.74) is 1.37. The molecule has 0 aliphatic rings. The van der Waals surface area contributed by atoms with E-state index in [1.807, 2.05) is 27.0 Å². The molecule has 16 heavy (non-hydrogen) atoms. The van der Waals surface area contributed by atoms with Gasteiger partial charge in [0.1, 0.15) is 5.82 Å². The molecule has 0 radical (unpaired) electrons. The molecule has 0 aromatic carbocycles. The summed E-state index contributed by atoms with van der Waals surface area (Å²) in [6, 6.07) is 0.145. The molecule has 0 saturated heterocycles. The Kier molecular flexibility index (Phi) is 3.99. The van der Waals surface area contributed by atoms with Crippen LogP contribution in [-0.4, -0.2) is 27.2 Å². The highest BCUT2D eigenvalue weighted by molar-refractivity contribution is 5.19. The summed E-state index contributed by atoms with van der Waals surface area (Å²) in [5, 5.41) is 12.9. The lowest BCUT2D eigenvalue weighted by Crippen LogP contribution is -2.36. The van der Waals surface area contributed by atoms with Crippen LogP contribution in [0.2, 0.25) is 0 Å². The second kappa shape index (κ2) is 4.89. The smallest absolute Gasteiger partial charge is 0.125 e. The van der Waals surface area contributed by atoms with Crippen molar-refractivity contribution in [2.45, 2.75) is 46.3 Å². The summed E-state index contributed by atoms with van der Waals surface area (Å²) in [5.74, 6) is 0.788. The number of hydrogen-bond donors (Lipinski definition) is 2. The molecule has 1 atom stereocenters. The van der Waals surface area contributed by atoms with Crippen LogP contribution in [0.1, 0.15) is 43.9 Å². The first-order chi connectivity index (χ1) is 7.29. The lowest BCUT2D eigenvalue weighted by Gasteiger charge is -2.22. The molecule has 90 valence electrons. The first-order valence-electron chi connectivity index (χ1n) is 5.55. The van der Waals surface area contributed by atoms with Gasteiger partial charge in [0.2, 0.25) is 0 Å². The SMILES string of the molecule is Cc1ncc(C(C)NCC(C)(C)O)c(C)n1. The maximum atomic E-state index is 9.63. The summed E-state index contributed by atoms with van der Waals surface area (Å²) in [4.78, 5) is 8.52. The first kappa shape index (κ1) is 13.1. The van der Waals surface area contributed by atoms with Crippen molar-refractivity contribution >= 4 is 0 Å². The highest BCUT2D eigenvalue weighted by Crippen LogP contribution is 2.15. The van der Waals surface area contributed by atoms with E-state index in [4.69, 9.17) is 0 Å². The summed E-state index contributed by atoms with van der Waals surface area (Å²) >= 11 is 0. The van der Waals surface area contributed by atoms with E-state index < -0.39 is 5.60 Å². The predicted molar refractivity (Wildman–Crippen MR) is 64.2 cm³/mol. The largest absolute Gasteiger partial charge is 0.389 e. The number of aryl methyl sites for hydroxylation is 2. The quantitative estimate of drug-likeness (QED) is 0.812. The van der Waals surface area contributed by atoms with Crippen LogP contribution >= 0.6 is 0 Å². The zero-order valence-electron chi connectivity index (χ0n) is 10.7. The second-order valence-corrected chi connectivity index (χ2v) is 4.87. The Morgan fingerprint density at radius 2 is 2.06 bits per heavy atom. The summed E-state index contributed by atoms with van der Waals surface area (Å²) in [7, 11) is 0. The molecule has 1 aromatic rings. The van der Waals surface area contributed by atoms with Gasteiger partial charge < -0.3 is 10.4 Å². The molecule has 0 saturated carbocycles. The number of nitrogens with zero attached hydrogens (tertiary/aromatic N) is 2. The van der Waals surface area contributed by atoms with Crippen LogP contribution in [0.5, 0.6) is 0 Å². The molecule has 1 aromatic heterocycles. The van der Waals surface area contributed by atoms with E-state index >= 15 is 0 Å². The van der Waals surface area contributed by atoms with Gasteiger partial charge in [-0.05, 0) is 34.6 Å². The van der Waals surface area contributed by atoms with E-state index in [-0.39, 0.29) is 6.04 Å². The molecule has 1 heterocycles. The standard InChI is InChI=1S/C12H21N3O/c1-8(14-7-12(4,5)16)11-6-13-10(3)15-9(11)2/h6,8,14,16H,7H2,1-5H3. The normalized spacial score (nSPS) is 13.9. The van der Waals surface area contributed by atoms with Gasteiger partial charge in [-0.3, -0.25) is 0 Å². The van der Waals surface area contributed by atoms with Crippen LogP contribution in [0.4, 0.5) is 0 Å². The van der Waals surface area contributed by atoms with Gasteiger partial charge in [-0.25, -0.2) is 9.97 Å². The van der Waals surface area contributed by atoms with E-state index in [9.17, 15) is 5.11 Å². The highest BCUT2D eigenvalue weighted by atomic mass is 16.3. The number of hydrogen-bond acceptors (Lipinski definition) is 4. The van der Waals surface area contributed by atoms with E-state index in [2.05, 4.69) is 15.3 Å². The molecule has 1 rings (SSSR count). The van der Waals surface area contributed by atoms with Gasteiger partial charge in [0.15, 0.2) is 0 Å². The molecule has 0 fully saturated rings. The van der Waals surface area contributed by atoms with Crippen molar-refractivity contribution in [3.05, 3.63) is 23.3 Å². The van der Waals surface area contributed by atoms with Crippen LogP contribution in [0.25, 0.3) is 0 Å². The fraction of sp³-hybridized carbons (Fsp3) is 0.667. The molecule has 0 bridgehead atoms. The van der Waals surface area contributed by atoms with Crippen LogP contribution < -0.4 is 5.32 Å². The molecular weight excluding hydrogens is 202 g/mol. The van der Waals surface area contributed by atoms with E-state index in [0.717, 1.165) is 17.1 Å². The maximum Gasteiger partial charge on any atom is 0.125 e. The molecular formula is C12H21N3O. The number of nitrogens with one attached hydrogen (secondary N) is 1. The van der Waals surface area contributed by atoms with Crippen molar-refractivity contribution in [2.75, 3.05) is 6.54 Å². The van der Waals surface area contributed by atoms with Crippen molar-refractivity contribution in [3.63, 3.8) is 0 Å². The van der Waals surface area contributed by atoms with Crippen LogP contribution in [0.3, 0.4) is 0 Å². The third-order valence-corrected chi connectivity index (χ3v) is 2.45. The van der Waals surface area contributed by atoms with E-state index in [1.54, 1.807) is 13.8 Å². The Hall–Kier alpha value is -1.00. The highest BCUT2D eigenvalue weighted by Gasteiger charge is 2.16. The minimum absolute atomic E-state index is 0.145. The Morgan fingerprint density at radius 1 is 1.44 bits per heavy atom. The Balaban J connectivity index is 2.70. The molecule has 2 N–H and O–H groups in total. The average molecular weight is 223 g/mol. The Bertz CT molecular complexity index is 358. The maximum absolute atomic E-state index is 9.63. The summed E-state index contributed by atoms with van der Waals surface area (Å²) in [6.45, 7) is 10.0. The summed E-state index contributed by atoms with van der Waals surface area (Å²) < 4.78 is 0. The molecule has 0 amide bonds. The fourth-order valence-corrected chi connectivity index (χ4v) is 1.53. The van der Waals surface area contributed by atoms with Gasteiger partial charge in [0.25, 0.3) is 0 Å². The van der Waals surface area contributed by atoms with Gasteiger partial charge in [-0.2, -0.15) is 0 Å². The van der Waals surface area contributed by atoms with Crippen molar-refractivity contribution in [1.29, 1.82) is 0 Å². The molecule has 0 spiro atoms. The number of aliphatic hydroxyl groups is 1. The molecule has 4 heteroatoms. The van der Waals surface area contributed by atoms with Crippen LogP contribution in [0.15, 0.2) is 6.20 Å². The van der Waals surface area contributed by atoms with Gasteiger partial charge in [0, 0.05) is 30.0 Å². The number of aromatic nitrogens is 2. The Labute approximate surface area is 97.1 Å². The molecule has 0 aliphatic carbocycles. The Morgan fingerprint density at radius 3 is 2.56 bits per heavy atom.